The summed E-state index contributed by atoms with van der Waals surface area (Å²) in [5.41, 5.74) is 3.42. The summed E-state index contributed by atoms with van der Waals surface area (Å²) in [7, 11) is 0. The summed E-state index contributed by atoms with van der Waals surface area (Å²) in [6.45, 7) is 0. The largest absolute Gasteiger partial charge is 0.416 e. The summed E-state index contributed by atoms with van der Waals surface area (Å²) >= 11 is 0. The first kappa shape index (κ1) is 12.2. The van der Waals surface area contributed by atoms with Crippen molar-refractivity contribution in [2.45, 2.75) is 6.18 Å². The van der Waals surface area contributed by atoms with Crippen LogP contribution >= 0.6 is 0 Å². The van der Waals surface area contributed by atoms with Gasteiger partial charge in [-0.2, -0.15) is 13.2 Å². The monoisotopic (exact) mass is 233 g/mol. The molecule has 1 rings (SSSR count). The molecule has 0 unspecified atom stereocenters. The lowest BCUT2D eigenvalue weighted by atomic mass is 10.1. The van der Waals surface area contributed by atoms with E-state index < -0.39 is 23.5 Å². The molecule has 0 bridgehead atoms. The van der Waals surface area contributed by atoms with Crippen molar-refractivity contribution in [3.8, 4) is 0 Å². The molecule has 0 aliphatic heterocycles. The molecule has 0 saturated carbocycles. The maximum atomic E-state index is 13.0. The Balaban J connectivity index is 3.14. The molecule has 1 amide bonds. The molecule has 86 valence electrons. The maximum Gasteiger partial charge on any atom is 0.416 e. The van der Waals surface area contributed by atoms with Crippen LogP contribution in [0.4, 0.5) is 17.6 Å². The van der Waals surface area contributed by atoms with E-state index in [0.29, 0.717) is 18.2 Å². The van der Waals surface area contributed by atoms with Gasteiger partial charge in [-0.3, -0.25) is 4.79 Å². The minimum absolute atomic E-state index is 0.339. The van der Waals surface area contributed by atoms with Crippen LogP contribution in [0.25, 0.3) is 6.08 Å². The Morgan fingerprint density at radius 3 is 2.44 bits per heavy atom. The normalized spacial score (nSPS) is 12.0. The van der Waals surface area contributed by atoms with Crippen LogP contribution in [0.5, 0.6) is 0 Å². The van der Waals surface area contributed by atoms with Gasteiger partial charge in [0.1, 0.15) is 5.82 Å². The summed E-state index contributed by atoms with van der Waals surface area (Å²) in [5.74, 6) is -1.72. The molecule has 2 nitrogen and oxygen atoms in total. The van der Waals surface area contributed by atoms with Crippen molar-refractivity contribution < 1.29 is 22.4 Å². The summed E-state index contributed by atoms with van der Waals surface area (Å²) in [5, 5.41) is 0. The predicted octanol–water partition coefficient (Wildman–Crippen LogP) is 2.34. The van der Waals surface area contributed by atoms with Crippen molar-refractivity contribution >= 4 is 12.0 Å². The Bertz CT molecular complexity index is 437. The predicted molar refractivity (Wildman–Crippen MR) is 49.6 cm³/mol. The molecule has 0 fully saturated rings. The number of primary amides is 1. The lowest BCUT2D eigenvalue weighted by molar-refractivity contribution is -0.137. The molecule has 0 saturated heterocycles. The van der Waals surface area contributed by atoms with E-state index in [2.05, 4.69) is 0 Å². The number of nitrogens with two attached hydrogens (primary N) is 1. The third-order valence-corrected chi connectivity index (χ3v) is 1.75. The van der Waals surface area contributed by atoms with Gasteiger partial charge in [0.05, 0.1) is 5.56 Å². The Morgan fingerprint density at radius 2 is 1.94 bits per heavy atom. The van der Waals surface area contributed by atoms with Gasteiger partial charge in [0.25, 0.3) is 0 Å². The van der Waals surface area contributed by atoms with Crippen LogP contribution in [-0.4, -0.2) is 5.91 Å². The van der Waals surface area contributed by atoms with Crippen molar-refractivity contribution in [1.82, 2.24) is 0 Å². The van der Waals surface area contributed by atoms with Crippen molar-refractivity contribution in [3.63, 3.8) is 0 Å². The molecule has 0 heterocycles. The molecule has 0 aliphatic rings. The quantitative estimate of drug-likeness (QED) is 0.618. The second-order valence-electron chi connectivity index (χ2n) is 2.97. The average Bonchev–Trinajstić information content (AvgIpc) is 2.14. The highest BCUT2D eigenvalue weighted by atomic mass is 19.4. The topological polar surface area (TPSA) is 43.1 Å². The van der Waals surface area contributed by atoms with Gasteiger partial charge in [-0.25, -0.2) is 4.39 Å². The first-order valence-electron chi connectivity index (χ1n) is 4.15. The highest BCUT2D eigenvalue weighted by Crippen LogP contribution is 2.30. The van der Waals surface area contributed by atoms with E-state index in [1.54, 1.807) is 0 Å². The molecule has 0 spiro atoms. The third-order valence-electron chi connectivity index (χ3n) is 1.75. The smallest absolute Gasteiger partial charge is 0.366 e. The number of carbonyl (C=O) groups is 1. The van der Waals surface area contributed by atoms with E-state index in [-0.39, 0.29) is 5.56 Å². The zero-order chi connectivity index (χ0) is 12.3. The molecule has 2 N–H and O–H groups in total. The van der Waals surface area contributed by atoms with Gasteiger partial charge in [-0.15, -0.1) is 0 Å². The summed E-state index contributed by atoms with van der Waals surface area (Å²) in [4.78, 5) is 10.4. The van der Waals surface area contributed by atoms with Gasteiger partial charge < -0.3 is 5.73 Å². The second kappa shape index (κ2) is 4.34. The number of alkyl halides is 3. The molecule has 1 aromatic carbocycles. The molecule has 16 heavy (non-hydrogen) atoms. The lowest BCUT2D eigenvalue weighted by Gasteiger charge is -2.07. The molecule has 1 aromatic rings. The van der Waals surface area contributed by atoms with Gasteiger partial charge in [0.2, 0.25) is 5.91 Å². The van der Waals surface area contributed by atoms with Gasteiger partial charge >= 0.3 is 6.18 Å². The third kappa shape index (κ3) is 3.08. The number of rotatable bonds is 2. The van der Waals surface area contributed by atoms with E-state index in [4.69, 9.17) is 5.73 Å². The van der Waals surface area contributed by atoms with E-state index in [0.717, 1.165) is 12.2 Å². The number of benzene rings is 1. The number of halogens is 4. The highest BCUT2D eigenvalue weighted by Gasteiger charge is 2.30. The van der Waals surface area contributed by atoms with Crippen LogP contribution < -0.4 is 5.73 Å². The van der Waals surface area contributed by atoms with Crippen molar-refractivity contribution in [1.29, 1.82) is 0 Å². The molecular weight excluding hydrogens is 226 g/mol. The molecular formula is C10H7F4NO. The maximum absolute atomic E-state index is 13.0. The molecule has 0 atom stereocenters. The average molecular weight is 233 g/mol. The molecule has 0 aromatic heterocycles. The van der Waals surface area contributed by atoms with Crippen LogP contribution in [0.15, 0.2) is 24.3 Å². The standard InChI is InChI=1S/C10H7F4NO/c11-8-3-2-7(10(12,13)14)5-6(8)1-4-9(15)16/h1-5H,(H2,15,16). The zero-order valence-corrected chi connectivity index (χ0v) is 7.88. The highest BCUT2D eigenvalue weighted by molar-refractivity contribution is 5.90. The Kier molecular flexibility index (Phi) is 3.31. The van der Waals surface area contributed by atoms with Crippen LogP contribution in [0.3, 0.4) is 0 Å². The van der Waals surface area contributed by atoms with E-state index >= 15 is 0 Å². The Labute approximate surface area is 88.4 Å². The first-order valence-corrected chi connectivity index (χ1v) is 4.15. The number of amides is 1. The van der Waals surface area contributed by atoms with Crippen molar-refractivity contribution in [2.24, 2.45) is 5.73 Å². The molecule has 6 heteroatoms. The van der Waals surface area contributed by atoms with E-state index in [1.165, 1.54) is 0 Å². The first-order chi connectivity index (χ1) is 7.30. The molecule has 0 radical (unpaired) electrons. The zero-order valence-electron chi connectivity index (χ0n) is 7.88. The van der Waals surface area contributed by atoms with Crippen LogP contribution in [0, 0.1) is 5.82 Å². The second-order valence-corrected chi connectivity index (χ2v) is 2.97. The minimum Gasteiger partial charge on any atom is -0.366 e. The van der Waals surface area contributed by atoms with Crippen LogP contribution in [-0.2, 0) is 11.0 Å². The Hall–Kier alpha value is -1.85. The SMILES string of the molecule is NC(=O)C=Cc1cc(C(F)(F)F)ccc1F. The van der Waals surface area contributed by atoms with E-state index in [1.807, 2.05) is 0 Å². The fraction of sp³-hybridized carbons (Fsp3) is 0.100. The van der Waals surface area contributed by atoms with Gasteiger partial charge in [-0.05, 0) is 24.3 Å². The van der Waals surface area contributed by atoms with E-state index in [9.17, 15) is 22.4 Å². The number of hydrogen-bond acceptors (Lipinski definition) is 1. The number of hydrogen-bond donors (Lipinski definition) is 1. The van der Waals surface area contributed by atoms with Crippen LogP contribution in [0.1, 0.15) is 11.1 Å². The van der Waals surface area contributed by atoms with Crippen molar-refractivity contribution in [3.05, 3.63) is 41.2 Å². The van der Waals surface area contributed by atoms with Gasteiger partial charge in [0.15, 0.2) is 0 Å². The lowest BCUT2D eigenvalue weighted by Crippen LogP contribution is -2.07. The fourth-order valence-electron chi connectivity index (χ4n) is 1.02. The summed E-state index contributed by atoms with van der Waals surface area (Å²) < 4.78 is 49.8. The van der Waals surface area contributed by atoms with Gasteiger partial charge in [0, 0.05) is 11.6 Å². The fourth-order valence-corrected chi connectivity index (χ4v) is 1.02. The summed E-state index contributed by atoms with van der Waals surface area (Å²) in [6, 6.07) is 1.91. The van der Waals surface area contributed by atoms with Crippen LogP contribution in [0.2, 0.25) is 0 Å². The van der Waals surface area contributed by atoms with Crippen molar-refractivity contribution in [2.75, 3.05) is 0 Å². The minimum atomic E-state index is -4.55. The molecule has 0 aliphatic carbocycles. The Morgan fingerprint density at radius 1 is 1.31 bits per heavy atom. The summed E-state index contributed by atoms with van der Waals surface area (Å²) in [6.07, 6.45) is -2.87. The van der Waals surface area contributed by atoms with Gasteiger partial charge in [-0.1, -0.05) is 0 Å². The number of carbonyl (C=O) groups excluding carboxylic acids is 1.